The number of benzene rings is 2. The molecule has 3 N–H and O–H groups in total. The highest BCUT2D eigenvalue weighted by Gasteiger charge is 2.15. The monoisotopic (exact) mass is 418 g/mol. The number of anilines is 1. The number of H-pyrrole nitrogens is 1. The Hall–Kier alpha value is -2.84. The molecule has 0 saturated heterocycles. The van der Waals surface area contributed by atoms with Crippen LogP contribution in [0.25, 0.3) is 11.3 Å². The fourth-order valence-corrected chi connectivity index (χ4v) is 3.42. The van der Waals surface area contributed by atoms with E-state index >= 15 is 0 Å². The van der Waals surface area contributed by atoms with Crippen LogP contribution in [0.1, 0.15) is 29.0 Å². The Labute approximate surface area is 168 Å². The van der Waals surface area contributed by atoms with Crippen LogP contribution in [-0.4, -0.2) is 30.8 Å². The molecule has 1 amide bonds. The van der Waals surface area contributed by atoms with Crippen molar-refractivity contribution in [2.24, 2.45) is 0 Å². The number of aromatic amines is 1. The Bertz CT molecular complexity index is 1110. The maximum atomic E-state index is 12.5. The molecule has 3 rings (SSSR count). The Morgan fingerprint density at radius 3 is 2.61 bits per heavy atom. The quantitative estimate of drug-likeness (QED) is 0.569. The Balaban J connectivity index is 1.72. The first-order valence-electron chi connectivity index (χ1n) is 8.41. The summed E-state index contributed by atoms with van der Waals surface area (Å²) in [7, 11) is -3.37. The van der Waals surface area contributed by atoms with E-state index < -0.39 is 10.0 Å². The number of nitrogens with zero attached hydrogens (tertiary/aromatic N) is 1. The molecule has 146 valence electrons. The van der Waals surface area contributed by atoms with Crippen molar-refractivity contribution >= 4 is 33.2 Å². The highest BCUT2D eigenvalue weighted by atomic mass is 35.5. The van der Waals surface area contributed by atoms with Gasteiger partial charge in [-0.3, -0.25) is 14.6 Å². The summed E-state index contributed by atoms with van der Waals surface area (Å²) in [6.07, 6.45) is 1.08. The van der Waals surface area contributed by atoms with Gasteiger partial charge >= 0.3 is 0 Å². The van der Waals surface area contributed by atoms with Gasteiger partial charge < -0.3 is 5.32 Å². The summed E-state index contributed by atoms with van der Waals surface area (Å²) >= 11 is 5.99. The van der Waals surface area contributed by atoms with Crippen molar-refractivity contribution in [3.05, 3.63) is 70.9 Å². The number of hydrogen-bond donors (Lipinski definition) is 3. The van der Waals surface area contributed by atoms with E-state index in [1.54, 1.807) is 36.4 Å². The topological polar surface area (TPSA) is 104 Å². The van der Waals surface area contributed by atoms with E-state index in [1.807, 2.05) is 25.1 Å². The van der Waals surface area contributed by atoms with Crippen LogP contribution < -0.4 is 10.0 Å². The zero-order chi connectivity index (χ0) is 20.3. The molecule has 1 unspecified atom stereocenters. The average molecular weight is 419 g/mol. The molecule has 0 radical (unpaired) electrons. The highest BCUT2D eigenvalue weighted by molar-refractivity contribution is 7.92. The van der Waals surface area contributed by atoms with Crippen molar-refractivity contribution in [2.75, 3.05) is 11.0 Å². The minimum atomic E-state index is -3.37. The molecular weight excluding hydrogens is 400 g/mol. The molecule has 0 fully saturated rings. The summed E-state index contributed by atoms with van der Waals surface area (Å²) < 4.78 is 25.2. The number of halogens is 1. The van der Waals surface area contributed by atoms with Crippen LogP contribution in [0, 0.1) is 0 Å². The largest absolute Gasteiger partial charge is 0.344 e. The maximum Gasteiger partial charge on any atom is 0.269 e. The summed E-state index contributed by atoms with van der Waals surface area (Å²) in [4.78, 5) is 12.5. The fraction of sp³-hybridized carbons (Fsp3) is 0.158. The Morgan fingerprint density at radius 2 is 1.89 bits per heavy atom. The van der Waals surface area contributed by atoms with E-state index in [1.165, 1.54) is 0 Å². The zero-order valence-corrected chi connectivity index (χ0v) is 16.8. The molecule has 9 heteroatoms. The lowest BCUT2D eigenvalue weighted by molar-refractivity contribution is 0.0935. The normalized spacial score (nSPS) is 12.4. The summed E-state index contributed by atoms with van der Waals surface area (Å²) in [6, 6.07) is 15.4. The molecule has 1 atom stereocenters. The van der Waals surface area contributed by atoms with Gasteiger partial charge in [-0.25, -0.2) is 8.42 Å². The van der Waals surface area contributed by atoms with Gasteiger partial charge in [0.2, 0.25) is 10.0 Å². The second-order valence-corrected chi connectivity index (χ2v) is 8.56. The van der Waals surface area contributed by atoms with E-state index in [-0.39, 0.29) is 11.9 Å². The molecule has 0 saturated carbocycles. The van der Waals surface area contributed by atoms with Gasteiger partial charge in [-0.1, -0.05) is 35.9 Å². The van der Waals surface area contributed by atoms with Gasteiger partial charge in [0.15, 0.2) is 0 Å². The van der Waals surface area contributed by atoms with Crippen LogP contribution in [0.15, 0.2) is 54.6 Å². The average Bonchev–Trinajstić information content (AvgIpc) is 3.11. The first-order chi connectivity index (χ1) is 13.2. The van der Waals surface area contributed by atoms with Crippen molar-refractivity contribution in [2.45, 2.75) is 13.0 Å². The first kappa shape index (κ1) is 19.9. The number of aromatic nitrogens is 2. The standard InChI is InChI=1S/C19H19ClN4O3S/c1-12(13-5-4-8-16(10-13)24-28(2,26)27)21-19(25)18-11-17(22-23-18)14-6-3-7-15(20)9-14/h3-12,24H,1-2H3,(H,21,25)(H,22,23). The fourth-order valence-electron chi connectivity index (χ4n) is 2.68. The van der Waals surface area contributed by atoms with Gasteiger partial charge in [-0.2, -0.15) is 5.10 Å². The third-order valence-corrected chi connectivity index (χ3v) is 4.82. The van der Waals surface area contributed by atoms with Gasteiger partial charge in [-0.15, -0.1) is 0 Å². The van der Waals surface area contributed by atoms with E-state index in [4.69, 9.17) is 11.6 Å². The van der Waals surface area contributed by atoms with Crippen molar-refractivity contribution in [1.82, 2.24) is 15.5 Å². The van der Waals surface area contributed by atoms with Gasteiger partial charge in [0.05, 0.1) is 18.0 Å². The molecule has 2 aromatic carbocycles. The summed E-state index contributed by atoms with van der Waals surface area (Å²) in [5, 5.41) is 10.3. The summed E-state index contributed by atoms with van der Waals surface area (Å²) in [5.41, 5.74) is 2.92. The highest BCUT2D eigenvalue weighted by Crippen LogP contribution is 2.22. The molecule has 28 heavy (non-hydrogen) atoms. The number of rotatable bonds is 6. The molecule has 0 aliphatic rings. The summed E-state index contributed by atoms with van der Waals surface area (Å²) in [5.74, 6) is -0.324. The van der Waals surface area contributed by atoms with Crippen LogP contribution in [0.5, 0.6) is 0 Å². The Kier molecular flexibility index (Phi) is 5.71. The third kappa shape index (κ3) is 5.11. The SMILES string of the molecule is CC(NC(=O)c1cc(-c2cccc(Cl)c2)n[nH]1)c1cccc(NS(C)(=O)=O)c1. The molecule has 0 bridgehead atoms. The minimum absolute atomic E-state index is 0.312. The number of carbonyl (C=O) groups excluding carboxylic acids is 1. The number of amides is 1. The molecule has 0 spiro atoms. The molecule has 3 aromatic rings. The number of sulfonamides is 1. The number of hydrogen-bond acceptors (Lipinski definition) is 4. The molecule has 7 nitrogen and oxygen atoms in total. The number of nitrogens with one attached hydrogen (secondary N) is 3. The van der Waals surface area contributed by atoms with Gasteiger partial charge in [0, 0.05) is 16.3 Å². The van der Waals surface area contributed by atoms with Crippen LogP contribution in [0.4, 0.5) is 5.69 Å². The van der Waals surface area contributed by atoms with Crippen LogP contribution >= 0.6 is 11.6 Å². The molecular formula is C19H19ClN4O3S. The lowest BCUT2D eigenvalue weighted by Crippen LogP contribution is -2.27. The second kappa shape index (κ2) is 8.04. The van der Waals surface area contributed by atoms with Crippen LogP contribution in [0.3, 0.4) is 0 Å². The van der Waals surface area contributed by atoms with Gasteiger partial charge in [-0.05, 0) is 42.8 Å². The van der Waals surface area contributed by atoms with Crippen molar-refractivity contribution in [3.63, 3.8) is 0 Å². The minimum Gasteiger partial charge on any atom is -0.344 e. The van der Waals surface area contributed by atoms with Crippen molar-refractivity contribution < 1.29 is 13.2 Å². The van der Waals surface area contributed by atoms with Gasteiger partial charge in [0.1, 0.15) is 5.69 Å². The van der Waals surface area contributed by atoms with E-state index in [0.29, 0.717) is 22.1 Å². The number of carbonyl (C=O) groups is 1. The smallest absolute Gasteiger partial charge is 0.269 e. The molecule has 1 aromatic heterocycles. The van der Waals surface area contributed by atoms with E-state index in [2.05, 4.69) is 20.2 Å². The Morgan fingerprint density at radius 1 is 1.14 bits per heavy atom. The van der Waals surface area contributed by atoms with E-state index in [9.17, 15) is 13.2 Å². The molecule has 0 aliphatic carbocycles. The maximum absolute atomic E-state index is 12.5. The zero-order valence-electron chi connectivity index (χ0n) is 15.2. The van der Waals surface area contributed by atoms with Crippen molar-refractivity contribution in [1.29, 1.82) is 0 Å². The van der Waals surface area contributed by atoms with Crippen LogP contribution in [-0.2, 0) is 10.0 Å². The molecule has 0 aliphatic heterocycles. The van der Waals surface area contributed by atoms with Gasteiger partial charge in [0.25, 0.3) is 5.91 Å². The third-order valence-electron chi connectivity index (χ3n) is 3.98. The molecule has 1 heterocycles. The second-order valence-electron chi connectivity index (χ2n) is 6.37. The first-order valence-corrected chi connectivity index (χ1v) is 10.7. The van der Waals surface area contributed by atoms with E-state index in [0.717, 1.165) is 17.4 Å². The lowest BCUT2D eigenvalue weighted by atomic mass is 10.1. The van der Waals surface area contributed by atoms with Crippen LogP contribution in [0.2, 0.25) is 5.02 Å². The predicted molar refractivity (Wildman–Crippen MR) is 110 cm³/mol. The predicted octanol–water partition coefficient (Wildman–Crippen LogP) is 3.59. The summed E-state index contributed by atoms with van der Waals surface area (Å²) in [6.45, 7) is 1.81. The lowest BCUT2D eigenvalue weighted by Gasteiger charge is -2.15. The van der Waals surface area contributed by atoms with Crippen molar-refractivity contribution in [3.8, 4) is 11.3 Å².